The first kappa shape index (κ1) is 19.5. The first-order chi connectivity index (χ1) is 11.3. The fourth-order valence-corrected chi connectivity index (χ4v) is 6.42. The molecule has 136 valence electrons. The third-order valence-corrected chi connectivity index (χ3v) is 8.21. The minimum absolute atomic E-state index is 0.309. The minimum Gasteiger partial charge on any atom is -0.103 e. The highest BCUT2D eigenvalue weighted by Crippen LogP contribution is 2.63. The first-order valence-electron chi connectivity index (χ1n) is 10.3. The average molecular weight is 329 g/mol. The van der Waals surface area contributed by atoms with Crippen LogP contribution in [0.25, 0.3) is 0 Å². The maximum absolute atomic E-state index is 4.12. The molecule has 0 heterocycles. The average Bonchev–Trinajstić information content (AvgIpc) is 2.84. The van der Waals surface area contributed by atoms with E-state index in [4.69, 9.17) is 0 Å². The van der Waals surface area contributed by atoms with Crippen LogP contribution in [0.5, 0.6) is 0 Å². The molecule has 0 spiro atoms. The summed E-state index contributed by atoms with van der Waals surface area (Å²) in [5, 5.41) is 0. The van der Waals surface area contributed by atoms with E-state index in [1.807, 2.05) is 6.08 Å². The predicted molar refractivity (Wildman–Crippen MR) is 108 cm³/mol. The topological polar surface area (TPSA) is 0 Å². The lowest BCUT2D eigenvalue weighted by Gasteiger charge is -2.54. The van der Waals surface area contributed by atoms with E-state index >= 15 is 0 Å². The third kappa shape index (κ3) is 3.18. The van der Waals surface area contributed by atoms with E-state index < -0.39 is 0 Å². The van der Waals surface area contributed by atoms with Crippen molar-refractivity contribution in [1.82, 2.24) is 0 Å². The van der Waals surface area contributed by atoms with Crippen molar-refractivity contribution in [2.24, 2.45) is 34.5 Å². The highest BCUT2D eigenvalue weighted by molar-refractivity contribution is 5.20. The van der Waals surface area contributed by atoms with Gasteiger partial charge >= 0.3 is 0 Å². The first-order valence-corrected chi connectivity index (χ1v) is 10.3. The number of fused-ring (bicyclic) bond motifs is 1. The number of rotatable bonds is 7. The molecule has 2 saturated carbocycles. The summed E-state index contributed by atoms with van der Waals surface area (Å²) in [5.41, 5.74) is 2.41. The van der Waals surface area contributed by atoms with Gasteiger partial charge in [-0.15, -0.1) is 6.58 Å². The van der Waals surface area contributed by atoms with Crippen LogP contribution in [0.3, 0.4) is 0 Å². The van der Waals surface area contributed by atoms with Crippen molar-refractivity contribution < 1.29 is 0 Å². The third-order valence-electron chi connectivity index (χ3n) is 8.21. The summed E-state index contributed by atoms with van der Waals surface area (Å²) in [4.78, 5) is 0. The molecule has 6 unspecified atom stereocenters. The van der Waals surface area contributed by atoms with Crippen molar-refractivity contribution in [3.63, 3.8) is 0 Å². The summed E-state index contributed by atoms with van der Waals surface area (Å²) >= 11 is 0. The molecule has 0 nitrogen and oxygen atoms in total. The lowest BCUT2D eigenvalue weighted by Crippen LogP contribution is -2.46. The highest BCUT2D eigenvalue weighted by Gasteiger charge is 2.55. The zero-order valence-corrected chi connectivity index (χ0v) is 16.9. The van der Waals surface area contributed by atoms with Crippen molar-refractivity contribution in [1.29, 1.82) is 0 Å². The second-order valence-electron chi connectivity index (χ2n) is 9.18. The van der Waals surface area contributed by atoms with Gasteiger partial charge < -0.3 is 0 Å². The monoisotopic (exact) mass is 328 g/mol. The maximum Gasteiger partial charge on any atom is -0.00850 e. The second-order valence-corrected chi connectivity index (χ2v) is 9.18. The maximum atomic E-state index is 4.12. The lowest BCUT2D eigenvalue weighted by molar-refractivity contribution is -0.0265. The van der Waals surface area contributed by atoms with Crippen LogP contribution in [0.1, 0.15) is 79.6 Å². The van der Waals surface area contributed by atoms with Gasteiger partial charge in [-0.1, -0.05) is 64.5 Å². The second kappa shape index (κ2) is 7.63. The van der Waals surface area contributed by atoms with Crippen LogP contribution in [0, 0.1) is 34.5 Å². The predicted octanol–water partition coefficient (Wildman–Crippen LogP) is 7.58. The molecule has 0 aromatic carbocycles. The van der Waals surface area contributed by atoms with Crippen LogP contribution >= 0.6 is 0 Å². The Morgan fingerprint density at radius 1 is 1.25 bits per heavy atom. The van der Waals surface area contributed by atoms with Crippen molar-refractivity contribution >= 4 is 0 Å². The van der Waals surface area contributed by atoms with Gasteiger partial charge in [0, 0.05) is 0 Å². The molecule has 0 radical (unpaired) electrons. The normalized spacial score (nSPS) is 39.1. The van der Waals surface area contributed by atoms with E-state index in [0.717, 1.165) is 23.7 Å². The zero-order valence-electron chi connectivity index (χ0n) is 16.9. The van der Waals surface area contributed by atoms with E-state index in [0.29, 0.717) is 10.8 Å². The zero-order chi connectivity index (χ0) is 18.0. The van der Waals surface area contributed by atoms with Crippen LogP contribution in [0.15, 0.2) is 37.0 Å². The molecule has 2 rings (SSSR count). The molecular formula is C24H40. The Morgan fingerprint density at radius 2 is 1.96 bits per heavy atom. The summed E-state index contributed by atoms with van der Waals surface area (Å²) in [6, 6.07) is 0. The molecule has 2 aliphatic carbocycles. The molecule has 0 aromatic rings. The van der Waals surface area contributed by atoms with Gasteiger partial charge in [0.15, 0.2) is 0 Å². The Labute approximate surface area is 151 Å². The Balaban J connectivity index is 2.41. The number of allylic oxidation sites excluding steroid dienone is 4. The van der Waals surface area contributed by atoms with Gasteiger partial charge in [-0.05, 0) is 80.0 Å². The molecule has 0 saturated heterocycles. The van der Waals surface area contributed by atoms with E-state index in [1.54, 1.807) is 0 Å². The van der Waals surface area contributed by atoms with Crippen molar-refractivity contribution in [2.45, 2.75) is 79.6 Å². The molecule has 0 bridgehead atoms. The van der Waals surface area contributed by atoms with Crippen LogP contribution in [-0.4, -0.2) is 0 Å². The van der Waals surface area contributed by atoms with Crippen LogP contribution in [-0.2, 0) is 0 Å². The Kier molecular flexibility index (Phi) is 6.21. The van der Waals surface area contributed by atoms with Crippen LogP contribution < -0.4 is 0 Å². The largest absolute Gasteiger partial charge is 0.103 e. The van der Waals surface area contributed by atoms with Crippen molar-refractivity contribution in [2.75, 3.05) is 0 Å². The van der Waals surface area contributed by atoms with Crippen molar-refractivity contribution in [3.8, 4) is 0 Å². The van der Waals surface area contributed by atoms with Crippen LogP contribution in [0.4, 0.5) is 0 Å². The molecule has 0 aromatic heterocycles. The summed E-state index contributed by atoms with van der Waals surface area (Å²) < 4.78 is 0. The molecule has 0 N–H and O–H groups in total. The van der Waals surface area contributed by atoms with Gasteiger partial charge in [-0.3, -0.25) is 0 Å². The van der Waals surface area contributed by atoms with Gasteiger partial charge in [-0.2, -0.15) is 0 Å². The summed E-state index contributed by atoms with van der Waals surface area (Å²) in [5.74, 6) is 3.36. The Hall–Kier alpha value is -0.780. The quantitative estimate of drug-likeness (QED) is 0.334. The fraction of sp³-hybridized carbons (Fsp3) is 0.750. The van der Waals surface area contributed by atoms with Gasteiger partial charge in [-0.25, -0.2) is 0 Å². The molecule has 2 fully saturated rings. The molecule has 2 aliphatic rings. The summed E-state index contributed by atoms with van der Waals surface area (Å²) in [6.07, 6.45) is 15.8. The molecule has 0 aliphatic heterocycles. The van der Waals surface area contributed by atoms with Gasteiger partial charge in [0.2, 0.25) is 0 Å². The van der Waals surface area contributed by atoms with E-state index in [-0.39, 0.29) is 0 Å². The molecule has 6 atom stereocenters. The van der Waals surface area contributed by atoms with E-state index in [9.17, 15) is 0 Å². The van der Waals surface area contributed by atoms with Gasteiger partial charge in [0.05, 0.1) is 0 Å². The molecule has 0 heteroatoms. The smallest absolute Gasteiger partial charge is 0.00850 e. The Bertz CT molecular complexity index is 484. The van der Waals surface area contributed by atoms with Gasteiger partial charge in [0.25, 0.3) is 0 Å². The number of hydrogen-bond donors (Lipinski definition) is 0. The van der Waals surface area contributed by atoms with Crippen LogP contribution in [0.2, 0.25) is 0 Å². The lowest BCUT2D eigenvalue weighted by atomic mass is 9.51. The van der Waals surface area contributed by atoms with Crippen molar-refractivity contribution in [3.05, 3.63) is 37.0 Å². The Morgan fingerprint density at radius 3 is 2.54 bits per heavy atom. The SMILES string of the molecule is C=C/C=C(/C)C(C)(CCC)C1CCC2(C)C(C)CCC2C1CC=C. The van der Waals surface area contributed by atoms with E-state index in [2.05, 4.69) is 59.9 Å². The van der Waals surface area contributed by atoms with Gasteiger partial charge in [0.1, 0.15) is 0 Å². The standard InChI is InChI=1S/C24H40/c1-8-11-18(4)23(6,16-10-3)22-15-17-24(7)19(5)13-14-21(24)20(22)12-9-2/h8-9,11,19-22H,1-2,10,12-17H2,3-7H3/b18-11-. The molecular weight excluding hydrogens is 288 g/mol. The summed E-state index contributed by atoms with van der Waals surface area (Å²) in [7, 11) is 0. The number of hydrogen-bond acceptors (Lipinski definition) is 0. The summed E-state index contributed by atoms with van der Waals surface area (Å²) in [6.45, 7) is 20.4. The molecule has 24 heavy (non-hydrogen) atoms. The fourth-order valence-electron chi connectivity index (χ4n) is 6.42. The van der Waals surface area contributed by atoms with E-state index in [1.165, 1.54) is 50.5 Å². The minimum atomic E-state index is 0.309. The highest BCUT2D eigenvalue weighted by atomic mass is 14.6. The molecule has 0 amide bonds.